The Morgan fingerprint density at radius 1 is 1.37 bits per heavy atom. The molecule has 2 N–H and O–H groups in total. The number of nitrogens with two attached hydrogens (primary N) is 1. The van der Waals surface area contributed by atoms with Gasteiger partial charge in [0.1, 0.15) is 11.4 Å². The van der Waals surface area contributed by atoms with Crippen LogP contribution in [-0.2, 0) is 16.8 Å². The number of aromatic nitrogens is 2. The Hall–Kier alpha value is -0.680. The maximum absolute atomic E-state index is 6.01. The highest BCUT2D eigenvalue weighted by molar-refractivity contribution is 9.10. The summed E-state index contributed by atoms with van der Waals surface area (Å²) in [7, 11) is 0. The molecule has 0 aliphatic carbocycles. The Labute approximate surface area is 123 Å². The molecule has 1 unspecified atom stereocenters. The van der Waals surface area contributed by atoms with Crippen LogP contribution >= 0.6 is 15.9 Å². The maximum Gasteiger partial charge on any atom is 0.162 e. The molecule has 1 fully saturated rings. The van der Waals surface area contributed by atoms with E-state index in [9.17, 15) is 0 Å². The zero-order chi connectivity index (χ0) is 14.0. The fourth-order valence-corrected chi connectivity index (χ4v) is 2.72. The standard InChI is InChI=1S/C14H22BrN3O/c1-9(2)8-10-11(15)12(16)18-13(17-10)14(3)6-4-5-7-19-14/h9H,4-8H2,1-3H3,(H2,16,17,18). The van der Waals surface area contributed by atoms with Crippen LogP contribution in [0, 0.1) is 5.92 Å². The van der Waals surface area contributed by atoms with E-state index >= 15 is 0 Å². The van der Waals surface area contributed by atoms with Crippen LogP contribution in [0.15, 0.2) is 4.47 Å². The monoisotopic (exact) mass is 327 g/mol. The molecule has 5 heteroatoms. The molecule has 2 heterocycles. The smallest absolute Gasteiger partial charge is 0.162 e. The number of hydrogen-bond acceptors (Lipinski definition) is 4. The molecule has 1 saturated heterocycles. The van der Waals surface area contributed by atoms with Gasteiger partial charge in [-0.05, 0) is 54.5 Å². The Bertz CT molecular complexity index is 456. The van der Waals surface area contributed by atoms with Crippen LogP contribution in [0.4, 0.5) is 5.82 Å². The third kappa shape index (κ3) is 3.26. The van der Waals surface area contributed by atoms with Gasteiger partial charge in [-0.15, -0.1) is 0 Å². The Kier molecular flexibility index (Phi) is 4.46. The van der Waals surface area contributed by atoms with E-state index in [1.54, 1.807) is 0 Å². The van der Waals surface area contributed by atoms with Crippen LogP contribution in [0.2, 0.25) is 0 Å². The van der Waals surface area contributed by atoms with Crippen molar-refractivity contribution < 1.29 is 4.74 Å². The van der Waals surface area contributed by atoms with E-state index in [-0.39, 0.29) is 0 Å². The lowest BCUT2D eigenvalue weighted by Gasteiger charge is -2.32. The maximum atomic E-state index is 6.01. The second kappa shape index (κ2) is 5.75. The molecule has 1 aromatic heterocycles. The zero-order valence-corrected chi connectivity index (χ0v) is 13.5. The van der Waals surface area contributed by atoms with E-state index in [1.807, 2.05) is 0 Å². The van der Waals surface area contributed by atoms with Gasteiger partial charge in [0.2, 0.25) is 0 Å². The predicted molar refractivity (Wildman–Crippen MR) is 79.8 cm³/mol. The van der Waals surface area contributed by atoms with E-state index in [2.05, 4.69) is 41.7 Å². The van der Waals surface area contributed by atoms with Crippen molar-refractivity contribution in [1.82, 2.24) is 9.97 Å². The van der Waals surface area contributed by atoms with Crippen molar-refractivity contribution in [2.24, 2.45) is 5.92 Å². The molecule has 1 aliphatic heterocycles. The lowest BCUT2D eigenvalue weighted by Crippen LogP contribution is -2.33. The molecule has 0 saturated carbocycles. The lowest BCUT2D eigenvalue weighted by molar-refractivity contribution is -0.0761. The highest BCUT2D eigenvalue weighted by Crippen LogP contribution is 2.35. The highest BCUT2D eigenvalue weighted by Gasteiger charge is 2.34. The van der Waals surface area contributed by atoms with Gasteiger partial charge >= 0.3 is 0 Å². The van der Waals surface area contributed by atoms with Gasteiger partial charge in [0.15, 0.2) is 5.82 Å². The molecule has 0 aromatic carbocycles. The first-order valence-electron chi connectivity index (χ1n) is 6.88. The van der Waals surface area contributed by atoms with Crippen molar-refractivity contribution in [3.63, 3.8) is 0 Å². The summed E-state index contributed by atoms with van der Waals surface area (Å²) in [5.74, 6) is 1.76. The molecule has 1 aromatic rings. The number of halogens is 1. The summed E-state index contributed by atoms with van der Waals surface area (Å²) in [5.41, 5.74) is 6.60. The van der Waals surface area contributed by atoms with E-state index in [4.69, 9.17) is 15.5 Å². The SMILES string of the molecule is CC(C)Cc1nc(C2(C)CCCCO2)nc(N)c1Br. The first kappa shape index (κ1) is 14.7. The predicted octanol–water partition coefficient (Wildman–Crippen LogP) is 3.44. The van der Waals surface area contributed by atoms with E-state index in [0.29, 0.717) is 11.7 Å². The van der Waals surface area contributed by atoms with Gasteiger partial charge in [-0.1, -0.05) is 13.8 Å². The van der Waals surface area contributed by atoms with Gasteiger partial charge in [0, 0.05) is 6.61 Å². The van der Waals surface area contributed by atoms with Crippen LogP contribution in [-0.4, -0.2) is 16.6 Å². The minimum atomic E-state index is -0.390. The Morgan fingerprint density at radius 3 is 2.68 bits per heavy atom. The molecular weight excluding hydrogens is 306 g/mol. The first-order chi connectivity index (χ1) is 8.92. The van der Waals surface area contributed by atoms with Crippen molar-refractivity contribution >= 4 is 21.7 Å². The van der Waals surface area contributed by atoms with Gasteiger partial charge in [0.05, 0.1) is 10.2 Å². The third-order valence-corrected chi connectivity index (χ3v) is 4.35. The zero-order valence-electron chi connectivity index (χ0n) is 11.9. The summed E-state index contributed by atoms with van der Waals surface area (Å²) in [6, 6.07) is 0. The second-order valence-corrected chi connectivity index (χ2v) is 6.62. The van der Waals surface area contributed by atoms with Crippen molar-refractivity contribution in [1.29, 1.82) is 0 Å². The van der Waals surface area contributed by atoms with Crippen LogP contribution in [0.25, 0.3) is 0 Å². The molecule has 0 radical (unpaired) electrons. The third-order valence-electron chi connectivity index (χ3n) is 3.49. The average Bonchev–Trinajstić information content (AvgIpc) is 2.35. The molecule has 1 aliphatic rings. The fourth-order valence-electron chi connectivity index (χ4n) is 2.38. The second-order valence-electron chi connectivity index (χ2n) is 5.83. The average molecular weight is 328 g/mol. The first-order valence-corrected chi connectivity index (χ1v) is 7.68. The minimum absolute atomic E-state index is 0.390. The quantitative estimate of drug-likeness (QED) is 0.923. The molecule has 19 heavy (non-hydrogen) atoms. The van der Waals surface area contributed by atoms with Gasteiger partial charge in [-0.2, -0.15) is 0 Å². The highest BCUT2D eigenvalue weighted by atomic mass is 79.9. The number of rotatable bonds is 3. The summed E-state index contributed by atoms with van der Waals surface area (Å²) >= 11 is 3.49. The van der Waals surface area contributed by atoms with Gasteiger partial charge in [-0.3, -0.25) is 0 Å². The number of ether oxygens (including phenoxy) is 1. The van der Waals surface area contributed by atoms with Gasteiger partial charge < -0.3 is 10.5 Å². The minimum Gasteiger partial charge on any atom is -0.383 e. The molecule has 0 amide bonds. The van der Waals surface area contributed by atoms with Crippen LogP contribution in [0.1, 0.15) is 51.6 Å². The summed E-state index contributed by atoms with van der Waals surface area (Å²) in [6.45, 7) is 7.18. The largest absolute Gasteiger partial charge is 0.383 e. The number of nitrogen functional groups attached to an aromatic ring is 1. The van der Waals surface area contributed by atoms with Crippen molar-refractivity contribution in [2.75, 3.05) is 12.3 Å². The fraction of sp³-hybridized carbons (Fsp3) is 0.714. The van der Waals surface area contributed by atoms with Gasteiger partial charge in [0.25, 0.3) is 0 Å². The molecule has 4 nitrogen and oxygen atoms in total. The summed E-state index contributed by atoms with van der Waals surface area (Å²) < 4.78 is 6.73. The van der Waals surface area contributed by atoms with Crippen molar-refractivity contribution in [3.05, 3.63) is 16.0 Å². The number of anilines is 1. The molecule has 2 rings (SSSR count). The molecule has 1 atom stereocenters. The van der Waals surface area contributed by atoms with Crippen LogP contribution in [0.5, 0.6) is 0 Å². The van der Waals surface area contributed by atoms with Crippen molar-refractivity contribution in [2.45, 2.75) is 52.1 Å². The lowest BCUT2D eigenvalue weighted by atomic mass is 9.94. The van der Waals surface area contributed by atoms with Crippen LogP contribution < -0.4 is 5.73 Å². The topological polar surface area (TPSA) is 61.0 Å². The van der Waals surface area contributed by atoms with E-state index in [0.717, 1.165) is 48.3 Å². The number of hydrogen-bond donors (Lipinski definition) is 1. The number of nitrogens with zero attached hydrogens (tertiary/aromatic N) is 2. The van der Waals surface area contributed by atoms with E-state index in [1.165, 1.54) is 0 Å². The summed E-state index contributed by atoms with van der Waals surface area (Å²) in [6.07, 6.45) is 4.10. The van der Waals surface area contributed by atoms with Crippen LogP contribution in [0.3, 0.4) is 0 Å². The summed E-state index contributed by atoms with van der Waals surface area (Å²) in [4.78, 5) is 9.14. The molecule has 106 valence electrons. The Balaban J connectivity index is 2.38. The summed E-state index contributed by atoms with van der Waals surface area (Å²) in [5, 5.41) is 0. The molecule has 0 spiro atoms. The van der Waals surface area contributed by atoms with E-state index < -0.39 is 5.60 Å². The van der Waals surface area contributed by atoms with Gasteiger partial charge in [-0.25, -0.2) is 9.97 Å². The normalized spacial score (nSPS) is 23.8. The molecule has 0 bridgehead atoms. The van der Waals surface area contributed by atoms with Crippen molar-refractivity contribution in [3.8, 4) is 0 Å². The Morgan fingerprint density at radius 2 is 2.11 bits per heavy atom. The molecular formula is C14H22BrN3O.